The molecular weight excluding hydrogens is 589 g/mol. The molecule has 4 heterocycles. The monoisotopic (exact) mass is 618 g/mol. The zero-order valence-electron chi connectivity index (χ0n) is 23.9. The quantitative estimate of drug-likeness (QED) is 0.193. The van der Waals surface area contributed by atoms with E-state index in [1.165, 1.54) is 22.9 Å². The maximum Gasteiger partial charge on any atom is 0.333 e. The van der Waals surface area contributed by atoms with E-state index in [1.54, 1.807) is 36.4 Å². The fourth-order valence-electron chi connectivity index (χ4n) is 5.88. The average Bonchev–Trinajstić information content (AvgIpc) is 3.75. The maximum atomic E-state index is 14.5. The molecule has 45 heavy (non-hydrogen) atoms. The van der Waals surface area contributed by atoms with Gasteiger partial charge in [0.1, 0.15) is 17.4 Å². The molecule has 0 aliphatic carbocycles. The third-order valence-electron chi connectivity index (χ3n) is 8.22. The van der Waals surface area contributed by atoms with Crippen molar-refractivity contribution in [2.45, 2.75) is 37.8 Å². The molecule has 9 nitrogen and oxygen atoms in total. The molecule has 0 spiro atoms. The first-order valence-electron chi connectivity index (χ1n) is 14.6. The van der Waals surface area contributed by atoms with Crippen LogP contribution in [0.1, 0.15) is 30.9 Å². The number of aromatic nitrogens is 2. The summed E-state index contributed by atoms with van der Waals surface area (Å²) in [6, 6.07) is 10.5. The number of amides is 2. The summed E-state index contributed by atoms with van der Waals surface area (Å²) in [5, 5.41) is 6.12. The molecule has 232 valence electrons. The van der Waals surface area contributed by atoms with Crippen LogP contribution < -0.4 is 16.2 Å². The Labute approximate surface area is 255 Å². The molecule has 2 aliphatic heterocycles. The van der Waals surface area contributed by atoms with Gasteiger partial charge in [0, 0.05) is 59.8 Å². The number of esters is 1. The SMILES string of the molecule is O=C1OCC/C1=C\[C@H](C[C@@H]1CCNC1=O)NC(=O)[C@H](Cc1ccc(F)c(F)c1)n1ccc2cc(-c3ccccc3F)[nH]c2c1=O. The Morgan fingerprint density at radius 1 is 1.04 bits per heavy atom. The predicted molar refractivity (Wildman–Crippen MR) is 158 cm³/mol. The summed E-state index contributed by atoms with van der Waals surface area (Å²) in [5.41, 5.74) is 0.763. The van der Waals surface area contributed by atoms with E-state index >= 15 is 0 Å². The molecule has 2 saturated heterocycles. The van der Waals surface area contributed by atoms with Gasteiger partial charge in [0.05, 0.1) is 6.61 Å². The van der Waals surface area contributed by atoms with Crippen molar-refractivity contribution in [3.05, 3.63) is 106 Å². The van der Waals surface area contributed by atoms with Crippen LogP contribution >= 0.6 is 0 Å². The van der Waals surface area contributed by atoms with E-state index in [1.807, 2.05) is 0 Å². The Morgan fingerprint density at radius 2 is 1.87 bits per heavy atom. The van der Waals surface area contributed by atoms with E-state index < -0.39 is 52.9 Å². The highest BCUT2D eigenvalue weighted by molar-refractivity contribution is 5.91. The van der Waals surface area contributed by atoms with Crippen molar-refractivity contribution in [3.63, 3.8) is 0 Å². The molecule has 3 N–H and O–H groups in total. The van der Waals surface area contributed by atoms with Crippen LogP contribution in [0.15, 0.2) is 77.2 Å². The van der Waals surface area contributed by atoms with Crippen molar-refractivity contribution < 1.29 is 32.3 Å². The Hall–Kier alpha value is -5.13. The zero-order valence-corrected chi connectivity index (χ0v) is 23.9. The van der Waals surface area contributed by atoms with Crippen LogP contribution in [0.5, 0.6) is 0 Å². The lowest BCUT2D eigenvalue weighted by Gasteiger charge is -2.24. The summed E-state index contributed by atoms with van der Waals surface area (Å²) < 4.78 is 48.6. The van der Waals surface area contributed by atoms with Crippen molar-refractivity contribution >= 4 is 28.7 Å². The van der Waals surface area contributed by atoms with Crippen LogP contribution in [0.25, 0.3) is 22.2 Å². The van der Waals surface area contributed by atoms with Crippen molar-refractivity contribution in [1.29, 1.82) is 0 Å². The lowest BCUT2D eigenvalue weighted by molar-refractivity contribution is -0.135. The predicted octanol–water partition coefficient (Wildman–Crippen LogP) is 4.08. The van der Waals surface area contributed by atoms with Gasteiger partial charge in [0.25, 0.3) is 5.56 Å². The number of carbonyl (C=O) groups is 3. The standard InChI is InChI=1S/C33H29F3N4O5/c34-24-4-2-1-3-23(24)27-17-19-8-11-40(32(43)29(19)39-27)28(14-18-5-6-25(35)26(36)13-18)31(42)38-22(15-20-7-10-37-30(20)41)16-21-9-12-45-33(21)44/h1-6,8,11,13,16-17,20,22,28,39H,7,9-10,12,14-15H2,(H,37,41)(H,38,42)/b21-16+/t20-,22-,28-/m0/s1. The third kappa shape index (κ3) is 6.26. The van der Waals surface area contributed by atoms with E-state index in [4.69, 9.17) is 4.74 Å². The first kappa shape index (κ1) is 29.9. The highest BCUT2D eigenvalue weighted by Crippen LogP contribution is 2.26. The summed E-state index contributed by atoms with van der Waals surface area (Å²) in [6.45, 7) is 0.691. The normalized spacial score (nSPS) is 18.6. The van der Waals surface area contributed by atoms with Crippen molar-refractivity contribution in [1.82, 2.24) is 20.2 Å². The highest BCUT2D eigenvalue weighted by atomic mass is 19.2. The number of benzene rings is 2. The minimum Gasteiger partial charge on any atom is -0.462 e. The number of H-pyrrole nitrogens is 1. The Kier molecular flexibility index (Phi) is 8.29. The van der Waals surface area contributed by atoms with Gasteiger partial charge in [-0.05, 0) is 54.8 Å². The van der Waals surface area contributed by atoms with Crippen LogP contribution in [-0.2, 0) is 25.5 Å². The zero-order chi connectivity index (χ0) is 31.7. The maximum absolute atomic E-state index is 14.5. The second-order valence-corrected chi connectivity index (χ2v) is 11.2. The van der Waals surface area contributed by atoms with Gasteiger partial charge in [-0.1, -0.05) is 24.3 Å². The number of cyclic esters (lactones) is 1. The lowest BCUT2D eigenvalue weighted by atomic mass is 9.95. The Morgan fingerprint density at radius 3 is 2.58 bits per heavy atom. The van der Waals surface area contributed by atoms with Crippen molar-refractivity contribution in [2.24, 2.45) is 5.92 Å². The number of fused-ring (bicyclic) bond motifs is 1. The molecular formula is C33H29F3N4O5. The molecule has 12 heteroatoms. The molecule has 0 saturated carbocycles. The van der Waals surface area contributed by atoms with Crippen LogP contribution in [0.3, 0.4) is 0 Å². The number of pyridine rings is 1. The smallest absolute Gasteiger partial charge is 0.333 e. The average molecular weight is 619 g/mol. The number of hydrogen-bond acceptors (Lipinski definition) is 5. The molecule has 0 unspecified atom stereocenters. The molecule has 2 aromatic heterocycles. The van der Waals surface area contributed by atoms with Crippen LogP contribution in [0.4, 0.5) is 13.2 Å². The van der Waals surface area contributed by atoms with E-state index in [0.717, 1.165) is 12.1 Å². The Balaban J connectivity index is 1.38. The number of ether oxygens (including phenoxy) is 1. The number of nitrogens with zero attached hydrogens (tertiary/aromatic N) is 1. The van der Waals surface area contributed by atoms with Gasteiger partial charge in [-0.25, -0.2) is 18.0 Å². The minimum atomic E-state index is -1.25. The fraction of sp³-hybridized carbons (Fsp3) is 0.273. The summed E-state index contributed by atoms with van der Waals surface area (Å²) in [7, 11) is 0. The summed E-state index contributed by atoms with van der Waals surface area (Å²) in [6.07, 6.45) is 3.89. The number of aromatic amines is 1. The van der Waals surface area contributed by atoms with Gasteiger partial charge in [-0.2, -0.15) is 0 Å². The van der Waals surface area contributed by atoms with Gasteiger partial charge in [0.15, 0.2) is 11.6 Å². The Bertz CT molecular complexity index is 1900. The van der Waals surface area contributed by atoms with Crippen LogP contribution in [-0.4, -0.2) is 46.5 Å². The van der Waals surface area contributed by atoms with Gasteiger partial charge in [-0.3, -0.25) is 14.4 Å². The van der Waals surface area contributed by atoms with Gasteiger partial charge in [-0.15, -0.1) is 0 Å². The van der Waals surface area contributed by atoms with Gasteiger partial charge >= 0.3 is 5.97 Å². The number of rotatable bonds is 9. The largest absolute Gasteiger partial charge is 0.462 e. The molecule has 0 bridgehead atoms. The molecule has 3 atom stereocenters. The van der Waals surface area contributed by atoms with Crippen LogP contribution in [0, 0.1) is 23.4 Å². The summed E-state index contributed by atoms with van der Waals surface area (Å²) in [5.74, 6) is -4.39. The van der Waals surface area contributed by atoms with Crippen molar-refractivity contribution in [2.75, 3.05) is 13.2 Å². The van der Waals surface area contributed by atoms with Crippen molar-refractivity contribution in [3.8, 4) is 11.3 Å². The van der Waals surface area contributed by atoms with E-state index in [-0.39, 0.29) is 42.0 Å². The molecule has 2 fully saturated rings. The third-order valence-corrected chi connectivity index (χ3v) is 8.22. The number of carbonyl (C=O) groups excluding carboxylic acids is 3. The number of hydrogen-bond donors (Lipinski definition) is 3. The second kappa shape index (κ2) is 12.5. The molecule has 2 amide bonds. The van der Waals surface area contributed by atoms with E-state index in [2.05, 4.69) is 15.6 Å². The first-order chi connectivity index (χ1) is 21.7. The molecule has 6 rings (SSSR count). The van der Waals surface area contributed by atoms with E-state index in [0.29, 0.717) is 36.0 Å². The van der Waals surface area contributed by atoms with Crippen LogP contribution in [0.2, 0.25) is 0 Å². The highest BCUT2D eigenvalue weighted by Gasteiger charge is 2.31. The van der Waals surface area contributed by atoms with E-state index in [9.17, 15) is 32.3 Å². The topological polar surface area (TPSA) is 122 Å². The minimum absolute atomic E-state index is 0.119. The molecule has 0 radical (unpaired) electrons. The number of halogens is 3. The molecule has 2 aromatic carbocycles. The summed E-state index contributed by atoms with van der Waals surface area (Å²) in [4.78, 5) is 55.4. The first-order valence-corrected chi connectivity index (χ1v) is 14.6. The lowest BCUT2D eigenvalue weighted by Crippen LogP contribution is -2.43. The molecule has 2 aliphatic rings. The van der Waals surface area contributed by atoms with Gasteiger partial charge in [0.2, 0.25) is 11.8 Å². The fourth-order valence-corrected chi connectivity index (χ4v) is 5.88. The second-order valence-electron chi connectivity index (χ2n) is 11.2. The van der Waals surface area contributed by atoms with Gasteiger partial charge < -0.3 is 24.9 Å². The number of nitrogens with one attached hydrogen (secondary N) is 3. The molecule has 4 aromatic rings. The summed E-state index contributed by atoms with van der Waals surface area (Å²) >= 11 is 0.